The lowest BCUT2D eigenvalue weighted by molar-refractivity contribution is 0.0307. The van der Waals surface area contributed by atoms with E-state index in [1.54, 1.807) is 62.3 Å². The van der Waals surface area contributed by atoms with Crippen LogP contribution in [0.15, 0.2) is 24.3 Å². The van der Waals surface area contributed by atoms with Crippen molar-refractivity contribution < 1.29 is 19.1 Å². The quantitative estimate of drug-likeness (QED) is 0.573. The SMILES string of the molecule is CN(C)COC(=O)c1ccc(C(=O)OCN(C)C)cc1. The zero-order valence-electron chi connectivity index (χ0n) is 12.3. The van der Waals surface area contributed by atoms with Crippen LogP contribution in [0, 0.1) is 0 Å². The van der Waals surface area contributed by atoms with Crippen LogP contribution in [0.5, 0.6) is 0 Å². The average Bonchev–Trinajstić information content (AvgIpc) is 2.42. The van der Waals surface area contributed by atoms with E-state index in [-0.39, 0.29) is 13.5 Å². The summed E-state index contributed by atoms with van der Waals surface area (Å²) in [6.45, 7) is 0.428. The smallest absolute Gasteiger partial charge is 0.339 e. The molecule has 6 nitrogen and oxygen atoms in total. The molecule has 0 amide bonds. The number of hydrogen-bond donors (Lipinski definition) is 0. The Morgan fingerprint density at radius 2 is 1.10 bits per heavy atom. The third-order valence-electron chi connectivity index (χ3n) is 2.26. The van der Waals surface area contributed by atoms with E-state index in [4.69, 9.17) is 9.47 Å². The van der Waals surface area contributed by atoms with E-state index < -0.39 is 11.9 Å². The fourth-order valence-corrected chi connectivity index (χ4v) is 1.28. The van der Waals surface area contributed by atoms with Crippen molar-refractivity contribution in [2.24, 2.45) is 0 Å². The van der Waals surface area contributed by atoms with Crippen LogP contribution in [0.1, 0.15) is 20.7 Å². The number of carbonyl (C=O) groups excluding carboxylic acids is 2. The standard InChI is InChI=1S/C14H20N2O4/c1-15(2)9-19-13(17)11-5-7-12(8-6-11)14(18)20-10-16(3)4/h5-8H,9-10H2,1-4H3. The van der Waals surface area contributed by atoms with Gasteiger partial charge < -0.3 is 9.47 Å². The third-order valence-corrected chi connectivity index (χ3v) is 2.26. The van der Waals surface area contributed by atoms with Crippen LogP contribution in [0.25, 0.3) is 0 Å². The number of esters is 2. The zero-order chi connectivity index (χ0) is 15.1. The molecule has 0 fully saturated rings. The summed E-state index contributed by atoms with van der Waals surface area (Å²) in [4.78, 5) is 26.8. The Morgan fingerprint density at radius 3 is 1.35 bits per heavy atom. The molecular formula is C14H20N2O4. The van der Waals surface area contributed by atoms with Crippen molar-refractivity contribution in [2.45, 2.75) is 0 Å². The van der Waals surface area contributed by atoms with Gasteiger partial charge in [-0.25, -0.2) is 9.59 Å². The number of rotatable bonds is 6. The molecule has 110 valence electrons. The molecule has 0 N–H and O–H groups in total. The summed E-state index contributed by atoms with van der Waals surface area (Å²) in [6, 6.07) is 6.18. The van der Waals surface area contributed by atoms with Crippen molar-refractivity contribution in [3.8, 4) is 0 Å². The Labute approximate surface area is 118 Å². The molecule has 0 aromatic heterocycles. The minimum atomic E-state index is -0.424. The Kier molecular flexibility index (Phi) is 6.14. The topological polar surface area (TPSA) is 59.1 Å². The van der Waals surface area contributed by atoms with E-state index >= 15 is 0 Å². The lowest BCUT2D eigenvalue weighted by Crippen LogP contribution is -2.20. The molecular weight excluding hydrogens is 260 g/mol. The third kappa shape index (κ3) is 5.38. The van der Waals surface area contributed by atoms with Crippen molar-refractivity contribution >= 4 is 11.9 Å². The van der Waals surface area contributed by atoms with E-state index in [0.29, 0.717) is 11.1 Å². The van der Waals surface area contributed by atoms with E-state index in [1.165, 1.54) is 0 Å². The van der Waals surface area contributed by atoms with Crippen LogP contribution in [-0.2, 0) is 9.47 Å². The minimum absolute atomic E-state index is 0.214. The van der Waals surface area contributed by atoms with Crippen LogP contribution in [-0.4, -0.2) is 63.4 Å². The van der Waals surface area contributed by atoms with Gasteiger partial charge in [0, 0.05) is 0 Å². The van der Waals surface area contributed by atoms with Crippen molar-refractivity contribution in [3.63, 3.8) is 0 Å². The second kappa shape index (κ2) is 7.62. The van der Waals surface area contributed by atoms with Crippen LogP contribution in [0.2, 0.25) is 0 Å². The van der Waals surface area contributed by atoms with E-state index in [9.17, 15) is 9.59 Å². The van der Waals surface area contributed by atoms with Crippen LogP contribution < -0.4 is 0 Å². The molecule has 0 unspecified atom stereocenters. The highest BCUT2D eigenvalue weighted by Gasteiger charge is 2.11. The summed E-state index contributed by atoms with van der Waals surface area (Å²) < 4.78 is 10.1. The molecule has 0 atom stereocenters. The van der Waals surface area contributed by atoms with Gasteiger partial charge in [-0.15, -0.1) is 0 Å². The Hall–Kier alpha value is -1.92. The summed E-state index contributed by atoms with van der Waals surface area (Å²) >= 11 is 0. The summed E-state index contributed by atoms with van der Waals surface area (Å²) in [6.07, 6.45) is 0. The lowest BCUT2D eigenvalue weighted by atomic mass is 10.1. The first-order valence-electron chi connectivity index (χ1n) is 6.14. The normalized spacial score (nSPS) is 10.7. The number of ether oxygens (including phenoxy) is 2. The van der Waals surface area contributed by atoms with Crippen molar-refractivity contribution in [3.05, 3.63) is 35.4 Å². The molecule has 6 heteroatoms. The Morgan fingerprint density at radius 1 is 0.800 bits per heavy atom. The number of carbonyl (C=O) groups is 2. The van der Waals surface area contributed by atoms with Crippen molar-refractivity contribution in [1.29, 1.82) is 0 Å². The molecule has 0 bridgehead atoms. The predicted octanol–water partition coefficient (Wildman–Crippen LogP) is 1.04. The number of hydrogen-bond acceptors (Lipinski definition) is 6. The molecule has 0 saturated carbocycles. The molecule has 0 aliphatic heterocycles. The maximum Gasteiger partial charge on any atom is 0.339 e. The van der Waals surface area contributed by atoms with Crippen LogP contribution in [0.3, 0.4) is 0 Å². The minimum Gasteiger partial charge on any atom is -0.446 e. The molecule has 0 heterocycles. The fourth-order valence-electron chi connectivity index (χ4n) is 1.28. The summed E-state index contributed by atoms with van der Waals surface area (Å²) in [5, 5.41) is 0. The number of nitrogens with zero attached hydrogens (tertiary/aromatic N) is 2. The monoisotopic (exact) mass is 280 g/mol. The van der Waals surface area contributed by atoms with E-state index in [0.717, 1.165) is 0 Å². The summed E-state index contributed by atoms with van der Waals surface area (Å²) in [5.74, 6) is -0.848. The Balaban J connectivity index is 2.59. The van der Waals surface area contributed by atoms with Crippen molar-refractivity contribution in [2.75, 3.05) is 41.7 Å². The van der Waals surface area contributed by atoms with Gasteiger partial charge in [0.2, 0.25) is 0 Å². The molecule has 1 aromatic rings. The first-order valence-corrected chi connectivity index (χ1v) is 6.14. The summed E-state index contributed by atoms with van der Waals surface area (Å²) in [7, 11) is 7.21. The van der Waals surface area contributed by atoms with Gasteiger partial charge in [-0.05, 0) is 52.5 Å². The van der Waals surface area contributed by atoms with Gasteiger partial charge in [-0.1, -0.05) is 0 Å². The zero-order valence-corrected chi connectivity index (χ0v) is 12.3. The van der Waals surface area contributed by atoms with Gasteiger partial charge in [0.25, 0.3) is 0 Å². The van der Waals surface area contributed by atoms with Crippen LogP contribution >= 0.6 is 0 Å². The first kappa shape index (κ1) is 16.1. The van der Waals surface area contributed by atoms with Crippen molar-refractivity contribution in [1.82, 2.24) is 9.80 Å². The second-order valence-corrected chi connectivity index (χ2v) is 4.86. The Bertz CT molecular complexity index is 412. The largest absolute Gasteiger partial charge is 0.446 e. The highest BCUT2D eigenvalue weighted by molar-refractivity contribution is 5.93. The molecule has 0 saturated heterocycles. The number of benzene rings is 1. The highest BCUT2D eigenvalue weighted by atomic mass is 16.5. The maximum absolute atomic E-state index is 11.7. The maximum atomic E-state index is 11.7. The molecule has 1 rings (SSSR count). The predicted molar refractivity (Wildman–Crippen MR) is 74.4 cm³/mol. The first-order chi connectivity index (χ1) is 9.40. The van der Waals surface area contributed by atoms with Gasteiger partial charge in [0.05, 0.1) is 11.1 Å². The molecule has 0 spiro atoms. The average molecular weight is 280 g/mol. The van der Waals surface area contributed by atoms with Gasteiger partial charge >= 0.3 is 11.9 Å². The second-order valence-electron chi connectivity index (χ2n) is 4.86. The summed E-state index contributed by atoms with van der Waals surface area (Å²) in [5.41, 5.74) is 0.798. The fraction of sp³-hybridized carbons (Fsp3) is 0.429. The van der Waals surface area contributed by atoms with E-state index in [2.05, 4.69) is 0 Å². The van der Waals surface area contributed by atoms with Gasteiger partial charge in [-0.2, -0.15) is 0 Å². The van der Waals surface area contributed by atoms with Gasteiger partial charge in [-0.3, -0.25) is 9.80 Å². The van der Waals surface area contributed by atoms with Gasteiger partial charge in [0.15, 0.2) is 0 Å². The molecule has 0 radical (unpaired) electrons. The van der Waals surface area contributed by atoms with Gasteiger partial charge in [0.1, 0.15) is 13.5 Å². The molecule has 1 aromatic carbocycles. The lowest BCUT2D eigenvalue weighted by Gasteiger charge is -2.11. The molecule has 20 heavy (non-hydrogen) atoms. The van der Waals surface area contributed by atoms with Crippen LogP contribution in [0.4, 0.5) is 0 Å². The highest BCUT2D eigenvalue weighted by Crippen LogP contribution is 2.07. The molecule has 0 aliphatic carbocycles. The van der Waals surface area contributed by atoms with E-state index in [1.807, 2.05) is 0 Å². The molecule has 0 aliphatic rings.